The van der Waals surface area contributed by atoms with Gasteiger partial charge < -0.3 is 20.4 Å². The Kier molecular flexibility index (Phi) is 7.41. The van der Waals surface area contributed by atoms with E-state index in [1.54, 1.807) is 6.92 Å². The Morgan fingerprint density at radius 3 is 2.74 bits per heavy atom. The van der Waals surface area contributed by atoms with E-state index in [9.17, 15) is 22.8 Å². The smallest absolute Gasteiger partial charge is 0.294 e. The predicted molar refractivity (Wildman–Crippen MR) is 156 cm³/mol. The van der Waals surface area contributed by atoms with Gasteiger partial charge in [0, 0.05) is 12.8 Å². The van der Waals surface area contributed by atoms with E-state index in [0.29, 0.717) is 31.7 Å². The van der Waals surface area contributed by atoms with Crippen LogP contribution in [0, 0.1) is 11.3 Å². The molecular formula is C30H39N5O6S. The molecule has 0 unspecified atom stereocenters. The summed E-state index contributed by atoms with van der Waals surface area (Å²) in [5, 5.41) is 0. The number of sulfonamides is 1. The van der Waals surface area contributed by atoms with Gasteiger partial charge in [0.1, 0.15) is 6.10 Å². The van der Waals surface area contributed by atoms with Crippen LogP contribution in [0.1, 0.15) is 71.1 Å². The summed E-state index contributed by atoms with van der Waals surface area (Å²) < 4.78 is 33.3. The fraction of sp³-hybridized carbons (Fsp3) is 0.600. The predicted octanol–water partition coefficient (Wildman–Crippen LogP) is 2.72. The number of Topliss-reactive ketones (excluding diaryl/α,β-unsaturated/α-hetero) is 1. The molecule has 2 amide bonds. The highest BCUT2D eigenvalue weighted by Crippen LogP contribution is 2.57. The lowest BCUT2D eigenvalue weighted by Crippen LogP contribution is -2.50. The topological polar surface area (TPSA) is 165 Å². The van der Waals surface area contributed by atoms with Crippen molar-refractivity contribution in [1.82, 2.24) is 19.6 Å². The number of benzene rings is 1. The summed E-state index contributed by atoms with van der Waals surface area (Å²) in [5.74, 6) is -1.48. The molecule has 1 saturated heterocycles. The summed E-state index contributed by atoms with van der Waals surface area (Å²) in [7, 11) is -3.86. The van der Waals surface area contributed by atoms with Crippen LogP contribution in [0.2, 0.25) is 0 Å². The average Bonchev–Trinajstić information content (AvgIpc) is 3.76. The van der Waals surface area contributed by atoms with Crippen molar-refractivity contribution in [2.45, 2.75) is 94.1 Å². The molecule has 3 heterocycles. The van der Waals surface area contributed by atoms with Crippen molar-refractivity contribution >= 4 is 38.7 Å². The van der Waals surface area contributed by atoms with E-state index in [1.807, 2.05) is 36.4 Å². The number of rotatable bonds is 5. The van der Waals surface area contributed by atoms with Crippen LogP contribution in [0.5, 0.6) is 6.01 Å². The molecule has 5 atom stereocenters. The van der Waals surface area contributed by atoms with Crippen LogP contribution < -0.4 is 15.2 Å². The molecule has 0 bridgehead atoms. The Morgan fingerprint density at radius 2 is 1.98 bits per heavy atom. The number of nitrogens with one attached hydrogen (secondary N) is 2. The first-order valence-corrected chi connectivity index (χ1v) is 16.4. The summed E-state index contributed by atoms with van der Waals surface area (Å²) in [6.07, 6.45) is 8.82. The van der Waals surface area contributed by atoms with Crippen molar-refractivity contribution in [3.05, 3.63) is 36.4 Å². The van der Waals surface area contributed by atoms with Gasteiger partial charge >= 0.3 is 0 Å². The Hall–Kier alpha value is -3.25. The number of ketones is 1. The van der Waals surface area contributed by atoms with Gasteiger partial charge in [0.15, 0.2) is 5.78 Å². The molecule has 3 fully saturated rings. The van der Waals surface area contributed by atoms with E-state index < -0.39 is 44.3 Å². The molecule has 226 valence electrons. The Morgan fingerprint density at radius 1 is 1.19 bits per heavy atom. The Balaban J connectivity index is 1.25. The highest BCUT2D eigenvalue weighted by molar-refractivity contribution is 7.91. The molecule has 2 aliphatic carbocycles. The van der Waals surface area contributed by atoms with Gasteiger partial charge in [-0.3, -0.25) is 19.1 Å². The van der Waals surface area contributed by atoms with Crippen LogP contribution in [-0.4, -0.2) is 70.4 Å². The van der Waals surface area contributed by atoms with Crippen molar-refractivity contribution < 1.29 is 27.5 Å². The minimum atomic E-state index is -3.86. The van der Waals surface area contributed by atoms with Crippen LogP contribution in [0.3, 0.4) is 0 Å². The zero-order valence-corrected chi connectivity index (χ0v) is 24.7. The van der Waals surface area contributed by atoms with Crippen molar-refractivity contribution in [3.63, 3.8) is 0 Å². The quantitative estimate of drug-likeness (QED) is 0.443. The minimum Gasteiger partial charge on any atom is -0.459 e. The van der Waals surface area contributed by atoms with Gasteiger partial charge in [0.25, 0.3) is 6.01 Å². The first-order chi connectivity index (χ1) is 20.0. The van der Waals surface area contributed by atoms with Crippen molar-refractivity contribution in [2.24, 2.45) is 17.1 Å². The fourth-order valence-electron chi connectivity index (χ4n) is 6.33. The van der Waals surface area contributed by atoms with E-state index in [1.165, 1.54) is 4.90 Å². The number of allylic oxidation sites excluding steroid dienone is 2. The molecule has 2 aliphatic heterocycles. The van der Waals surface area contributed by atoms with E-state index in [2.05, 4.69) is 14.7 Å². The van der Waals surface area contributed by atoms with Gasteiger partial charge in [-0.2, -0.15) is 4.98 Å². The van der Waals surface area contributed by atoms with E-state index in [4.69, 9.17) is 10.5 Å². The van der Waals surface area contributed by atoms with Crippen molar-refractivity contribution in [1.29, 1.82) is 0 Å². The summed E-state index contributed by atoms with van der Waals surface area (Å²) in [4.78, 5) is 50.2. The average molecular weight is 598 g/mol. The number of para-hydroxylation sites is 2. The second-order valence-electron chi connectivity index (χ2n) is 12.7. The van der Waals surface area contributed by atoms with Crippen LogP contribution in [0.4, 0.5) is 0 Å². The lowest BCUT2D eigenvalue weighted by Gasteiger charge is -2.27. The number of carbonyl (C=O) groups is 3. The number of carbonyl (C=O) groups excluding carboxylic acids is 3. The third kappa shape index (κ3) is 5.46. The largest absolute Gasteiger partial charge is 0.459 e. The van der Waals surface area contributed by atoms with Crippen LogP contribution >= 0.6 is 0 Å². The third-order valence-corrected chi connectivity index (χ3v) is 11.7. The number of imidazole rings is 1. The number of hydrogen-bond donors (Lipinski definition) is 3. The van der Waals surface area contributed by atoms with Gasteiger partial charge in [0.05, 0.1) is 39.8 Å². The zero-order valence-electron chi connectivity index (χ0n) is 23.9. The maximum absolute atomic E-state index is 14.0. The number of nitrogens with two attached hydrogens (primary N) is 1. The molecule has 12 heteroatoms. The number of amides is 2. The maximum atomic E-state index is 14.0. The molecule has 6 rings (SSSR count). The molecule has 1 aromatic carbocycles. The first kappa shape index (κ1) is 28.9. The normalized spacial score (nSPS) is 32.3. The number of ether oxygens (including phenoxy) is 1. The van der Waals surface area contributed by atoms with Crippen LogP contribution in [0.25, 0.3) is 11.0 Å². The summed E-state index contributed by atoms with van der Waals surface area (Å²) >= 11 is 0. The monoisotopic (exact) mass is 597 g/mol. The second-order valence-corrected chi connectivity index (χ2v) is 14.9. The zero-order chi connectivity index (χ0) is 29.7. The molecule has 4 aliphatic rings. The van der Waals surface area contributed by atoms with Gasteiger partial charge in [-0.25, -0.2) is 8.42 Å². The Bertz CT molecular complexity index is 1500. The standard InChI is InChI=1S/C30H39N5O6S/c1-29(13-14-29)42(39,40)34-27(38)30-16-19(30)9-5-3-2-4-6-10-21(31)26(37)35-18-20(15-24(35)25(36)17-30)41-28-32-22-11-7-8-12-23(22)33-28/h5,7-9,11-12,19-21,24H,2-4,6,10,13-18,31H2,1H3,(H,32,33)(H,34,38)/b9-5-/t19-,20+,21-,24-,30+/m0/s1. The molecule has 11 nitrogen and oxygen atoms in total. The molecule has 42 heavy (non-hydrogen) atoms. The van der Waals surface area contributed by atoms with Gasteiger partial charge in [-0.1, -0.05) is 37.1 Å². The molecule has 1 aromatic heterocycles. The summed E-state index contributed by atoms with van der Waals surface area (Å²) in [6, 6.07) is 6.22. The number of nitrogens with zero attached hydrogens (tertiary/aromatic N) is 2. The number of H-pyrrole nitrogens is 1. The Labute approximate surface area is 245 Å². The van der Waals surface area contributed by atoms with E-state index in [-0.39, 0.29) is 37.0 Å². The molecule has 4 N–H and O–H groups in total. The van der Waals surface area contributed by atoms with Crippen molar-refractivity contribution in [3.8, 4) is 6.01 Å². The van der Waals surface area contributed by atoms with Gasteiger partial charge in [-0.15, -0.1) is 0 Å². The van der Waals surface area contributed by atoms with E-state index >= 15 is 0 Å². The number of aromatic amines is 1. The third-order valence-electron chi connectivity index (χ3n) is 9.54. The lowest BCUT2D eigenvalue weighted by atomic mass is 9.91. The SMILES string of the molecule is CC1(S(=O)(=O)NC(=O)[C@]23CC(=O)[C@@H]4C[C@@H](Oc5nc6ccccc6[nH]5)CN4C(=O)[C@@H](N)CCCCC/C=C\[C@H]2C3)CC1. The maximum Gasteiger partial charge on any atom is 0.294 e. The first-order valence-electron chi connectivity index (χ1n) is 14.9. The number of hydrogen-bond acceptors (Lipinski definition) is 8. The van der Waals surface area contributed by atoms with Crippen LogP contribution in [-0.2, 0) is 24.4 Å². The molecule has 0 spiro atoms. The van der Waals surface area contributed by atoms with Crippen molar-refractivity contribution in [2.75, 3.05) is 6.54 Å². The molecule has 2 aromatic rings. The van der Waals surface area contributed by atoms with Gasteiger partial charge in [0.2, 0.25) is 21.8 Å². The highest BCUT2D eigenvalue weighted by Gasteiger charge is 2.62. The molecule has 0 radical (unpaired) electrons. The lowest BCUT2D eigenvalue weighted by molar-refractivity contribution is -0.140. The fourth-order valence-corrected chi connectivity index (χ4v) is 7.66. The number of fused-ring (bicyclic) bond motifs is 3. The van der Waals surface area contributed by atoms with E-state index in [0.717, 1.165) is 36.7 Å². The second kappa shape index (κ2) is 10.8. The summed E-state index contributed by atoms with van der Waals surface area (Å²) in [5.41, 5.74) is 6.71. The summed E-state index contributed by atoms with van der Waals surface area (Å²) in [6.45, 7) is 1.79. The minimum absolute atomic E-state index is 0.162. The molecular weight excluding hydrogens is 558 g/mol. The van der Waals surface area contributed by atoms with Crippen LogP contribution in [0.15, 0.2) is 36.4 Å². The number of aromatic nitrogens is 2. The molecule has 2 saturated carbocycles. The van der Waals surface area contributed by atoms with Gasteiger partial charge in [-0.05, 0) is 63.5 Å². The highest BCUT2D eigenvalue weighted by atomic mass is 32.2.